The molecule has 2 nitrogen and oxygen atoms in total. The molecule has 21 heavy (non-hydrogen) atoms. The Balaban J connectivity index is 1.98. The topological polar surface area (TPSA) is 29.1 Å². The third kappa shape index (κ3) is 2.94. The number of carbonyl (C=O) groups excluding carboxylic acids is 1. The lowest BCUT2D eigenvalue weighted by Gasteiger charge is -2.09. The molecule has 0 heterocycles. The first-order valence-corrected chi connectivity index (χ1v) is 7.56. The molecule has 0 fully saturated rings. The van der Waals surface area contributed by atoms with E-state index in [9.17, 15) is 4.79 Å². The highest BCUT2D eigenvalue weighted by atomic mass is 79.9. The number of fused-ring (bicyclic) bond motifs is 1. The maximum absolute atomic E-state index is 12.5. The molecule has 0 aliphatic rings. The Kier molecular flexibility index (Phi) is 3.95. The summed E-state index contributed by atoms with van der Waals surface area (Å²) in [6, 6.07) is 18.6. The molecule has 4 heteroatoms. The highest BCUT2D eigenvalue weighted by Crippen LogP contribution is 2.27. The highest BCUT2D eigenvalue weighted by Gasteiger charge is 2.11. The molecule has 0 aliphatic carbocycles. The average molecular weight is 361 g/mol. The Bertz CT molecular complexity index is 815. The van der Waals surface area contributed by atoms with E-state index in [1.807, 2.05) is 36.4 Å². The van der Waals surface area contributed by atoms with Crippen molar-refractivity contribution in [2.24, 2.45) is 0 Å². The minimum absolute atomic E-state index is 0.138. The van der Waals surface area contributed by atoms with Crippen LogP contribution in [0.2, 0.25) is 5.02 Å². The van der Waals surface area contributed by atoms with E-state index >= 15 is 0 Å². The van der Waals surface area contributed by atoms with Crippen LogP contribution in [0.4, 0.5) is 5.69 Å². The van der Waals surface area contributed by atoms with Gasteiger partial charge in [0, 0.05) is 20.7 Å². The van der Waals surface area contributed by atoms with Gasteiger partial charge in [-0.05, 0) is 47.2 Å². The van der Waals surface area contributed by atoms with Crippen LogP contribution in [-0.4, -0.2) is 5.91 Å². The lowest BCUT2D eigenvalue weighted by molar-refractivity contribution is 0.102. The highest BCUT2D eigenvalue weighted by molar-refractivity contribution is 9.10. The number of halogens is 2. The first-order chi connectivity index (χ1) is 10.1. The molecule has 0 atom stereocenters. The fourth-order valence-corrected chi connectivity index (χ4v) is 2.80. The molecule has 3 aromatic rings. The molecule has 0 spiro atoms. The molecule has 0 bridgehead atoms. The van der Waals surface area contributed by atoms with E-state index in [0.717, 1.165) is 20.9 Å². The van der Waals surface area contributed by atoms with Gasteiger partial charge in [0.25, 0.3) is 5.91 Å². The van der Waals surface area contributed by atoms with Crippen LogP contribution in [0.15, 0.2) is 65.1 Å². The standard InChI is InChI=1S/C17H11BrClNO/c18-16-10-9-15(13-3-1-2-4-14(13)16)17(21)20-12-7-5-11(19)6-8-12/h1-10H,(H,20,21). The lowest BCUT2D eigenvalue weighted by atomic mass is 10.0. The van der Waals surface area contributed by atoms with Gasteiger partial charge in [-0.3, -0.25) is 4.79 Å². The van der Waals surface area contributed by atoms with Gasteiger partial charge in [-0.25, -0.2) is 0 Å². The summed E-state index contributed by atoms with van der Waals surface area (Å²) in [5.74, 6) is -0.138. The molecule has 0 saturated carbocycles. The maximum Gasteiger partial charge on any atom is 0.256 e. The third-order valence-electron chi connectivity index (χ3n) is 3.22. The molecule has 0 saturated heterocycles. The molecular formula is C17H11BrClNO. The maximum atomic E-state index is 12.5. The van der Waals surface area contributed by atoms with Crippen LogP contribution < -0.4 is 5.32 Å². The van der Waals surface area contributed by atoms with Gasteiger partial charge >= 0.3 is 0 Å². The largest absolute Gasteiger partial charge is 0.322 e. The minimum Gasteiger partial charge on any atom is -0.322 e. The van der Waals surface area contributed by atoms with Crippen molar-refractivity contribution in [3.05, 3.63) is 75.7 Å². The van der Waals surface area contributed by atoms with E-state index in [1.165, 1.54) is 0 Å². The van der Waals surface area contributed by atoms with Gasteiger partial charge in [-0.15, -0.1) is 0 Å². The second kappa shape index (κ2) is 5.88. The zero-order valence-electron chi connectivity index (χ0n) is 10.9. The van der Waals surface area contributed by atoms with Crippen molar-refractivity contribution in [1.29, 1.82) is 0 Å². The monoisotopic (exact) mass is 359 g/mol. The van der Waals surface area contributed by atoms with Crippen LogP contribution in [0.25, 0.3) is 10.8 Å². The van der Waals surface area contributed by atoms with Crippen LogP contribution in [0.3, 0.4) is 0 Å². The van der Waals surface area contributed by atoms with Gasteiger partial charge in [0.15, 0.2) is 0 Å². The van der Waals surface area contributed by atoms with E-state index in [1.54, 1.807) is 24.3 Å². The van der Waals surface area contributed by atoms with Crippen molar-refractivity contribution in [2.45, 2.75) is 0 Å². The number of benzene rings is 3. The van der Waals surface area contributed by atoms with Gasteiger partial charge in [-0.1, -0.05) is 51.8 Å². The lowest BCUT2D eigenvalue weighted by Crippen LogP contribution is -2.12. The molecule has 0 unspecified atom stereocenters. The van der Waals surface area contributed by atoms with Gasteiger partial charge < -0.3 is 5.32 Å². The summed E-state index contributed by atoms with van der Waals surface area (Å²) in [6.07, 6.45) is 0. The quantitative estimate of drug-likeness (QED) is 0.641. The molecule has 0 aliphatic heterocycles. The number of hydrogen-bond acceptors (Lipinski definition) is 1. The Morgan fingerprint density at radius 1 is 0.905 bits per heavy atom. The Labute approximate surface area is 135 Å². The van der Waals surface area contributed by atoms with E-state index in [-0.39, 0.29) is 5.91 Å². The fourth-order valence-electron chi connectivity index (χ4n) is 2.19. The normalized spacial score (nSPS) is 10.6. The first kappa shape index (κ1) is 14.1. The number of amides is 1. The minimum atomic E-state index is -0.138. The fraction of sp³-hybridized carbons (Fsp3) is 0. The second-order valence-corrected chi connectivity index (χ2v) is 5.89. The molecule has 0 aromatic heterocycles. The molecule has 104 valence electrons. The van der Waals surface area contributed by atoms with Crippen molar-refractivity contribution >= 4 is 49.9 Å². The predicted octanol–water partition coefficient (Wildman–Crippen LogP) is 5.51. The van der Waals surface area contributed by atoms with Crippen molar-refractivity contribution in [3.8, 4) is 0 Å². The summed E-state index contributed by atoms with van der Waals surface area (Å²) in [4.78, 5) is 12.5. The number of anilines is 1. The SMILES string of the molecule is O=C(Nc1ccc(Cl)cc1)c1ccc(Br)c2ccccc12. The number of rotatable bonds is 2. The van der Waals surface area contributed by atoms with E-state index in [0.29, 0.717) is 10.6 Å². The summed E-state index contributed by atoms with van der Waals surface area (Å²) in [7, 11) is 0. The molecule has 1 amide bonds. The van der Waals surface area contributed by atoms with Gasteiger partial charge in [0.1, 0.15) is 0 Å². The van der Waals surface area contributed by atoms with Gasteiger partial charge in [0.2, 0.25) is 0 Å². The van der Waals surface area contributed by atoms with Crippen molar-refractivity contribution < 1.29 is 4.79 Å². The number of nitrogens with one attached hydrogen (secondary N) is 1. The average Bonchev–Trinajstić information content (AvgIpc) is 2.50. The Morgan fingerprint density at radius 3 is 2.29 bits per heavy atom. The zero-order valence-corrected chi connectivity index (χ0v) is 13.3. The number of carbonyl (C=O) groups is 1. The molecule has 1 N–H and O–H groups in total. The van der Waals surface area contributed by atoms with E-state index in [4.69, 9.17) is 11.6 Å². The van der Waals surface area contributed by atoms with Crippen LogP contribution >= 0.6 is 27.5 Å². The van der Waals surface area contributed by atoms with Crippen molar-refractivity contribution in [2.75, 3.05) is 5.32 Å². The Hall–Kier alpha value is -1.84. The Morgan fingerprint density at radius 2 is 1.57 bits per heavy atom. The van der Waals surface area contributed by atoms with Crippen molar-refractivity contribution in [1.82, 2.24) is 0 Å². The zero-order chi connectivity index (χ0) is 14.8. The second-order valence-electron chi connectivity index (χ2n) is 4.60. The summed E-state index contributed by atoms with van der Waals surface area (Å²) >= 11 is 9.35. The van der Waals surface area contributed by atoms with E-state index < -0.39 is 0 Å². The van der Waals surface area contributed by atoms with Gasteiger partial charge in [0.05, 0.1) is 0 Å². The molecule has 3 rings (SSSR count). The van der Waals surface area contributed by atoms with E-state index in [2.05, 4.69) is 21.2 Å². The predicted molar refractivity (Wildman–Crippen MR) is 91.1 cm³/mol. The summed E-state index contributed by atoms with van der Waals surface area (Å²) < 4.78 is 0.973. The third-order valence-corrected chi connectivity index (χ3v) is 4.16. The van der Waals surface area contributed by atoms with Crippen LogP contribution in [0.1, 0.15) is 10.4 Å². The summed E-state index contributed by atoms with van der Waals surface area (Å²) in [6.45, 7) is 0. The van der Waals surface area contributed by atoms with Crippen LogP contribution in [-0.2, 0) is 0 Å². The van der Waals surface area contributed by atoms with Crippen molar-refractivity contribution in [3.63, 3.8) is 0 Å². The van der Waals surface area contributed by atoms with Crippen LogP contribution in [0.5, 0.6) is 0 Å². The molecular weight excluding hydrogens is 350 g/mol. The first-order valence-electron chi connectivity index (χ1n) is 6.39. The molecule has 3 aromatic carbocycles. The van der Waals surface area contributed by atoms with Gasteiger partial charge in [-0.2, -0.15) is 0 Å². The molecule has 0 radical (unpaired) electrons. The summed E-state index contributed by atoms with van der Waals surface area (Å²) in [5, 5.41) is 5.46. The smallest absolute Gasteiger partial charge is 0.256 e. The summed E-state index contributed by atoms with van der Waals surface area (Å²) in [5.41, 5.74) is 1.36. The number of hydrogen-bond donors (Lipinski definition) is 1. The van der Waals surface area contributed by atoms with Crippen LogP contribution in [0, 0.1) is 0 Å².